The van der Waals surface area contributed by atoms with Gasteiger partial charge in [0.2, 0.25) is 5.91 Å². The first-order valence-corrected chi connectivity index (χ1v) is 14.9. The molecule has 1 unspecified atom stereocenters. The fourth-order valence-electron chi connectivity index (χ4n) is 6.06. The number of carboxylic acid groups (broad SMARTS) is 1. The molecule has 0 radical (unpaired) electrons. The van der Waals surface area contributed by atoms with E-state index in [2.05, 4.69) is 24.3 Å². The number of hydrogen-bond acceptors (Lipinski definition) is 7. The number of aliphatic carboxylic acids is 1. The lowest BCUT2D eigenvalue weighted by Crippen LogP contribution is -2.53. The summed E-state index contributed by atoms with van der Waals surface area (Å²) in [6.07, 6.45) is 0.236. The lowest BCUT2D eigenvalue weighted by atomic mass is 9.98. The number of esters is 1. The van der Waals surface area contributed by atoms with E-state index in [1.807, 2.05) is 24.3 Å². The Hall–Kier alpha value is -3.53. The van der Waals surface area contributed by atoms with Crippen molar-refractivity contribution in [3.8, 4) is 11.1 Å². The summed E-state index contributed by atoms with van der Waals surface area (Å²) in [7, 11) is 0. The SMILES string of the molecule is CC(C)(C)OC(=O)CCN1C(=O)C(CC(=O)O)SC12CCN(C(=O)OCC1c3ccccc3-c3ccccc31)CC2. The van der Waals surface area contributed by atoms with Crippen LogP contribution in [0.2, 0.25) is 0 Å². The van der Waals surface area contributed by atoms with Crippen LogP contribution in [0.5, 0.6) is 0 Å². The molecule has 0 bridgehead atoms. The van der Waals surface area contributed by atoms with Gasteiger partial charge in [0.25, 0.3) is 0 Å². The van der Waals surface area contributed by atoms with Gasteiger partial charge in [-0.25, -0.2) is 4.79 Å². The molecule has 1 spiro atoms. The molecule has 2 fully saturated rings. The standard InChI is InChI=1S/C31H36N2O7S/c1-30(2,3)40-27(36)12-15-33-28(37)25(18-26(34)35)41-31(33)13-16-32(17-14-31)29(38)39-19-24-22-10-6-4-8-20(22)21-9-5-7-11-23(21)24/h4-11,24-25H,12-19H2,1-3H3,(H,34,35). The molecule has 2 amide bonds. The van der Waals surface area contributed by atoms with Gasteiger partial charge in [0, 0.05) is 25.6 Å². The van der Waals surface area contributed by atoms with E-state index >= 15 is 0 Å². The van der Waals surface area contributed by atoms with Crippen molar-refractivity contribution < 1.29 is 33.8 Å². The highest BCUT2D eigenvalue weighted by Crippen LogP contribution is 2.49. The lowest BCUT2D eigenvalue weighted by molar-refractivity contribution is -0.156. The number of fused-ring (bicyclic) bond motifs is 3. The van der Waals surface area contributed by atoms with E-state index in [0.29, 0.717) is 25.9 Å². The fourth-order valence-corrected chi connectivity index (χ4v) is 7.77. The van der Waals surface area contributed by atoms with Crippen LogP contribution in [-0.4, -0.2) is 80.8 Å². The molecule has 2 aliphatic heterocycles. The van der Waals surface area contributed by atoms with Crippen LogP contribution in [-0.2, 0) is 23.9 Å². The molecule has 9 nitrogen and oxygen atoms in total. The summed E-state index contributed by atoms with van der Waals surface area (Å²) in [5, 5.41) is 8.64. The van der Waals surface area contributed by atoms with Crippen molar-refractivity contribution in [3.63, 3.8) is 0 Å². The van der Waals surface area contributed by atoms with Crippen LogP contribution in [0.3, 0.4) is 0 Å². The second-order valence-electron chi connectivity index (χ2n) is 11.8. The third kappa shape index (κ3) is 6.07. The van der Waals surface area contributed by atoms with Gasteiger partial charge in [-0.3, -0.25) is 14.4 Å². The third-order valence-electron chi connectivity index (χ3n) is 7.85. The fraction of sp³-hybridized carbons (Fsp3) is 0.484. The first-order chi connectivity index (χ1) is 19.5. The number of hydrogen-bond donors (Lipinski definition) is 1. The zero-order valence-electron chi connectivity index (χ0n) is 23.6. The Morgan fingerprint density at radius 1 is 1.00 bits per heavy atom. The molecule has 1 aliphatic carbocycles. The molecule has 41 heavy (non-hydrogen) atoms. The van der Waals surface area contributed by atoms with Crippen molar-refractivity contribution in [3.05, 3.63) is 59.7 Å². The maximum Gasteiger partial charge on any atom is 0.409 e. The van der Waals surface area contributed by atoms with Gasteiger partial charge < -0.3 is 24.4 Å². The minimum atomic E-state index is -1.05. The zero-order chi connectivity index (χ0) is 29.4. The van der Waals surface area contributed by atoms with E-state index in [0.717, 1.165) is 22.3 Å². The number of nitrogens with zero attached hydrogens (tertiary/aromatic N) is 2. The van der Waals surface area contributed by atoms with Crippen molar-refractivity contribution in [2.75, 3.05) is 26.2 Å². The second-order valence-corrected chi connectivity index (χ2v) is 13.3. The predicted molar refractivity (Wildman–Crippen MR) is 154 cm³/mol. The number of likely N-dealkylation sites (tertiary alicyclic amines) is 1. The predicted octanol–water partition coefficient (Wildman–Crippen LogP) is 4.88. The minimum Gasteiger partial charge on any atom is -0.481 e. The van der Waals surface area contributed by atoms with Crippen molar-refractivity contribution in [2.45, 2.75) is 68.1 Å². The van der Waals surface area contributed by atoms with Crippen LogP contribution in [0.25, 0.3) is 11.1 Å². The lowest BCUT2D eigenvalue weighted by Gasteiger charge is -2.43. The first kappa shape index (κ1) is 29.0. The van der Waals surface area contributed by atoms with E-state index < -0.39 is 33.8 Å². The number of thioether (sulfide) groups is 1. The van der Waals surface area contributed by atoms with E-state index in [9.17, 15) is 24.3 Å². The van der Waals surface area contributed by atoms with E-state index in [4.69, 9.17) is 9.47 Å². The van der Waals surface area contributed by atoms with Crippen LogP contribution >= 0.6 is 11.8 Å². The van der Waals surface area contributed by atoms with Gasteiger partial charge in [-0.05, 0) is 55.9 Å². The van der Waals surface area contributed by atoms with Gasteiger partial charge >= 0.3 is 18.0 Å². The highest BCUT2D eigenvalue weighted by molar-refractivity contribution is 8.02. The van der Waals surface area contributed by atoms with Crippen molar-refractivity contribution in [1.82, 2.24) is 9.80 Å². The van der Waals surface area contributed by atoms with E-state index in [1.54, 1.807) is 30.6 Å². The Balaban J connectivity index is 1.23. The Kier molecular flexibility index (Phi) is 8.05. The highest BCUT2D eigenvalue weighted by Gasteiger charge is 2.53. The molecule has 3 aliphatic rings. The molecule has 0 saturated carbocycles. The average Bonchev–Trinajstić information content (AvgIpc) is 3.36. The Bertz CT molecular complexity index is 1300. The Labute approximate surface area is 244 Å². The van der Waals surface area contributed by atoms with Gasteiger partial charge in [-0.15, -0.1) is 11.8 Å². The topological polar surface area (TPSA) is 113 Å². The van der Waals surface area contributed by atoms with Crippen LogP contribution in [0, 0.1) is 0 Å². The number of carbonyl (C=O) groups excluding carboxylic acids is 3. The number of benzene rings is 2. The molecule has 2 heterocycles. The Morgan fingerprint density at radius 3 is 2.15 bits per heavy atom. The van der Waals surface area contributed by atoms with E-state index in [1.165, 1.54) is 11.8 Å². The molecule has 1 N–H and O–H groups in total. The molecule has 5 rings (SSSR count). The van der Waals surface area contributed by atoms with Crippen LogP contribution in [0.1, 0.15) is 63.5 Å². The molecule has 2 aromatic rings. The number of rotatable bonds is 7. The largest absolute Gasteiger partial charge is 0.481 e. The number of piperidine rings is 1. The number of ether oxygens (including phenoxy) is 2. The average molecular weight is 581 g/mol. The van der Waals surface area contributed by atoms with Crippen molar-refractivity contribution in [2.24, 2.45) is 0 Å². The first-order valence-electron chi connectivity index (χ1n) is 14.0. The summed E-state index contributed by atoms with van der Waals surface area (Å²) in [6.45, 7) is 6.44. The molecular formula is C31H36N2O7S. The molecule has 0 aromatic heterocycles. The third-order valence-corrected chi connectivity index (χ3v) is 9.57. The smallest absolute Gasteiger partial charge is 0.409 e. The quantitative estimate of drug-likeness (QED) is 0.461. The van der Waals surface area contributed by atoms with Gasteiger partial charge in [0.1, 0.15) is 12.2 Å². The molecule has 2 saturated heterocycles. The zero-order valence-corrected chi connectivity index (χ0v) is 24.4. The maximum absolute atomic E-state index is 13.3. The van der Waals surface area contributed by atoms with Crippen LogP contribution < -0.4 is 0 Å². The summed E-state index contributed by atoms with van der Waals surface area (Å²) < 4.78 is 11.3. The minimum absolute atomic E-state index is 0.0151. The summed E-state index contributed by atoms with van der Waals surface area (Å²) in [4.78, 5) is 52.9. The van der Waals surface area contributed by atoms with Crippen LogP contribution in [0.15, 0.2) is 48.5 Å². The summed E-state index contributed by atoms with van der Waals surface area (Å²) in [5.74, 6) is -1.78. The van der Waals surface area contributed by atoms with Gasteiger partial charge in [-0.2, -0.15) is 0 Å². The molecule has 2 aromatic carbocycles. The molecule has 1 atom stereocenters. The summed E-state index contributed by atoms with van der Waals surface area (Å²) >= 11 is 1.34. The number of amides is 2. The second kappa shape index (κ2) is 11.4. The monoisotopic (exact) mass is 580 g/mol. The van der Waals surface area contributed by atoms with Crippen molar-refractivity contribution >= 4 is 35.7 Å². The molecular weight excluding hydrogens is 544 g/mol. The number of carboxylic acids is 1. The normalized spacial score (nSPS) is 19.7. The molecule has 218 valence electrons. The van der Waals surface area contributed by atoms with Gasteiger partial charge in [-0.1, -0.05) is 48.5 Å². The maximum atomic E-state index is 13.3. The van der Waals surface area contributed by atoms with E-state index in [-0.39, 0.29) is 37.8 Å². The van der Waals surface area contributed by atoms with Crippen molar-refractivity contribution in [1.29, 1.82) is 0 Å². The molecule has 10 heteroatoms. The summed E-state index contributed by atoms with van der Waals surface area (Å²) in [5.41, 5.74) is 3.97. The highest BCUT2D eigenvalue weighted by atomic mass is 32.2. The number of carbonyl (C=O) groups is 4. The Morgan fingerprint density at radius 2 is 1.59 bits per heavy atom. The van der Waals surface area contributed by atoms with Gasteiger partial charge in [0.05, 0.1) is 23.0 Å². The van der Waals surface area contributed by atoms with Crippen LogP contribution in [0.4, 0.5) is 4.79 Å². The summed E-state index contributed by atoms with van der Waals surface area (Å²) in [6, 6.07) is 16.3. The van der Waals surface area contributed by atoms with Gasteiger partial charge in [0.15, 0.2) is 0 Å².